The molecule has 6 nitrogen and oxygen atoms in total. The topological polar surface area (TPSA) is 84.3 Å². The standard InChI is InChI=1S/C21H30N6/c1-2-26-14-17(16-6-4-3-5-7-16)13-21(15-26)8-10-27(11-9-21)19-12-18(22)24-20(23)25-19/h3-7,12,17H,2,8-11,13-15H2,1H3,(H4,22,23,24,25)/t17-/m0/s1. The van der Waals surface area contributed by atoms with Gasteiger partial charge in [0.05, 0.1) is 0 Å². The molecule has 1 spiro atoms. The second-order valence-corrected chi connectivity index (χ2v) is 8.14. The first-order chi connectivity index (χ1) is 13.1. The minimum absolute atomic E-state index is 0.254. The molecule has 2 saturated heterocycles. The molecule has 0 amide bonds. The molecule has 0 bridgehead atoms. The van der Waals surface area contributed by atoms with Crippen molar-refractivity contribution >= 4 is 17.6 Å². The molecule has 27 heavy (non-hydrogen) atoms. The Balaban J connectivity index is 1.50. The molecule has 2 fully saturated rings. The number of nitrogen functional groups attached to an aromatic ring is 2. The minimum atomic E-state index is 0.254. The van der Waals surface area contributed by atoms with E-state index in [1.807, 2.05) is 6.07 Å². The van der Waals surface area contributed by atoms with Gasteiger partial charge < -0.3 is 21.3 Å². The van der Waals surface area contributed by atoms with Crippen LogP contribution in [-0.2, 0) is 0 Å². The van der Waals surface area contributed by atoms with Crippen LogP contribution in [0.15, 0.2) is 36.4 Å². The number of nitrogens with two attached hydrogens (primary N) is 2. The quantitative estimate of drug-likeness (QED) is 0.869. The second-order valence-electron chi connectivity index (χ2n) is 8.14. The van der Waals surface area contributed by atoms with Gasteiger partial charge in [-0.15, -0.1) is 0 Å². The van der Waals surface area contributed by atoms with Crippen molar-refractivity contribution in [2.45, 2.75) is 32.1 Å². The van der Waals surface area contributed by atoms with E-state index in [0.29, 0.717) is 17.2 Å². The molecule has 0 radical (unpaired) electrons. The molecule has 4 N–H and O–H groups in total. The van der Waals surface area contributed by atoms with Gasteiger partial charge in [-0.05, 0) is 42.7 Å². The molecule has 6 heteroatoms. The summed E-state index contributed by atoms with van der Waals surface area (Å²) in [6.45, 7) is 7.76. The van der Waals surface area contributed by atoms with Crippen molar-refractivity contribution in [3.8, 4) is 0 Å². The molecule has 1 atom stereocenters. The summed E-state index contributed by atoms with van der Waals surface area (Å²) < 4.78 is 0. The van der Waals surface area contributed by atoms with Gasteiger partial charge in [0.2, 0.25) is 5.95 Å². The van der Waals surface area contributed by atoms with Crippen LogP contribution in [0.25, 0.3) is 0 Å². The van der Waals surface area contributed by atoms with Gasteiger partial charge >= 0.3 is 0 Å². The maximum Gasteiger partial charge on any atom is 0.223 e. The highest BCUT2D eigenvalue weighted by Gasteiger charge is 2.42. The number of hydrogen-bond donors (Lipinski definition) is 2. The third-order valence-electron chi connectivity index (χ3n) is 6.33. The van der Waals surface area contributed by atoms with Crippen LogP contribution < -0.4 is 16.4 Å². The van der Waals surface area contributed by atoms with Crippen LogP contribution in [0.2, 0.25) is 0 Å². The van der Waals surface area contributed by atoms with Crippen LogP contribution in [0.5, 0.6) is 0 Å². The summed E-state index contributed by atoms with van der Waals surface area (Å²) in [6.07, 6.45) is 3.63. The zero-order chi connectivity index (χ0) is 18.9. The highest BCUT2D eigenvalue weighted by Crippen LogP contribution is 2.45. The van der Waals surface area contributed by atoms with Crippen LogP contribution in [0.1, 0.15) is 37.7 Å². The number of aromatic nitrogens is 2. The van der Waals surface area contributed by atoms with Gasteiger partial charge in [0.1, 0.15) is 11.6 Å². The van der Waals surface area contributed by atoms with E-state index in [-0.39, 0.29) is 5.95 Å². The monoisotopic (exact) mass is 366 g/mol. The van der Waals surface area contributed by atoms with Crippen LogP contribution in [-0.4, -0.2) is 47.6 Å². The number of nitrogens with zero attached hydrogens (tertiary/aromatic N) is 4. The normalized spacial score (nSPS) is 22.9. The predicted molar refractivity (Wildman–Crippen MR) is 111 cm³/mol. The van der Waals surface area contributed by atoms with Gasteiger partial charge in [0, 0.05) is 32.2 Å². The molecule has 144 valence electrons. The van der Waals surface area contributed by atoms with Crippen LogP contribution in [0, 0.1) is 5.41 Å². The SMILES string of the molecule is CCN1C[C@@H](c2ccccc2)CC2(CCN(c3cc(N)nc(N)n3)CC2)C1. The summed E-state index contributed by atoms with van der Waals surface area (Å²) in [5.74, 6) is 2.18. The molecule has 2 aliphatic rings. The molecule has 3 heterocycles. The van der Waals surface area contributed by atoms with Crippen molar-refractivity contribution in [3.63, 3.8) is 0 Å². The maximum atomic E-state index is 5.86. The molecule has 0 saturated carbocycles. The minimum Gasteiger partial charge on any atom is -0.383 e. The predicted octanol–water partition coefficient (Wildman–Crippen LogP) is 2.74. The second kappa shape index (κ2) is 7.35. The third kappa shape index (κ3) is 3.86. The van der Waals surface area contributed by atoms with Crippen LogP contribution >= 0.6 is 0 Å². The van der Waals surface area contributed by atoms with Crippen molar-refractivity contribution in [2.75, 3.05) is 49.1 Å². The van der Waals surface area contributed by atoms with E-state index < -0.39 is 0 Å². The smallest absolute Gasteiger partial charge is 0.223 e. The Bertz CT molecular complexity index is 749. The van der Waals surface area contributed by atoms with Crippen molar-refractivity contribution in [2.24, 2.45) is 5.41 Å². The van der Waals surface area contributed by atoms with E-state index in [2.05, 4.69) is 57.0 Å². The lowest BCUT2D eigenvalue weighted by molar-refractivity contribution is 0.0543. The van der Waals surface area contributed by atoms with Crippen molar-refractivity contribution in [1.29, 1.82) is 0 Å². The fourth-order valence-electron chi connectivity index (χ4n) is 4.90. The summed E-state index contributed by atoms with van der Waals surface area (Å²) in [4.78, 5) is 13.3. The van der Waals surface area contributed by atoms with Crippen molar-refractivity contribution in [3.05, 3.63) is 42.0 Å². The largest absolute Gasteiger partial charge is 0.383 e. The zero-order valence-corrected chi connectivity index (χ0v) is 16.1. The molecular weight excluding hydrogens is 336 g/mol. The van der Waals surface area contributed by atoms with E-state index >= 15 is 0 Å². The Hall–Kier alpha value is -2.34. The molecule has 2 aromatic rings. The maximum absolute atomic E-state index is 5.86. The van der Waals surface area contributed by atoms with E-state index in [9.17, 15) is 0 Å². The fraction of sp³-hybridized carbons (Fsp3) is 0.524. The fourth-order valence-corrected chi connectivity index (χ4v) is 4.90. The highest BCUT2D eigenvalue weighted by atomic mass is 15.2. The number of anilines is 3. The molecule has 1 aromatic carbocycles. The summed E-state index contributed by atoms with van der Waals surface area (Å²) in [6, 6.07) is 12.9. The molecule has 2 aliphatic heterocycles. The summed E-state index contributed by atoms with van der Waals surface area (Å²) in [5.41, 5.74) is 13.5. The number of benzene rings is 1. The molecule has 4 rings (SSSR count). The van der Waals surface area contributed by atoms with Crippen molar-refractivity contribution in [1.82, 2.24) is 14.9 Å². The van der Waals surface area contributed by atoms with E-state index in [1.165, 1.54) is 37.9 Å². The summed E-state index contributed by atoms with van der Waals surface area (Å²) in [7, 11) is 0. The summed E-state index contributed by atoms with van der Waals surface area (Å²) >= 11 is 0. The molecular formula is C21H30N6. The van der Waals surface area contributed by atoms with Crippen molar-refractivity contribution < 1.29 is 0 Å². The molecule has 0 aliphatic carbocycles. The van der Waals surface area contributed by atoms with E-state index in [4.69, 9.17) is 11.5 Å². The zero-order valence-electron chi connectivity index (χ0n) is 16.1. The van der Waals surface area contributed by atoms with E-state index in [0.717, 1.165) is 25.5 Å². The number of likely N-dealkylation sites (N-methyl/N-ethyl adjacent to an activating group) is 1. The first kappa shape index (κ1) is 18.0. The lowest BCUT2D eigenvalue weighted by Gasteiger charge is -2.50. The van der Waals surface area contributed by atoms with Crippen LogP contribution in [0.3, 0.4) is 0 Å². The third-order valence-corrected chi connectivity index (χ3v) is 6.33. The lowest BCUT2D eigenvalue weighted by atomic mass is 9.68. The van der Waals surface area contributed by atoms with E-state index in [1.54, 1.807) is 0 Å². The van der Waals surface area contributed by atoms with Gasteiger partial charge in [-0.1, -0.05) is 37.3 Å². The Morgan fingerprint density at radius 2 is 1.85 bits per heavy atom. The summed E-state index contributed by atoms with van der Waals surface area (Å²) in [5, 5.41) is 0. The van der Waals surface area contributed by atoms with Gasteiger partial charge in [0.25, 0.3) is 0 Å². The first-order valence-electron chi connectivity index (χ1n) is 9.99. The average molecular weight is 367 g/mol. The Kier molecular flexibility index (Phi) is 4.91. The highest BCUT2D eigenvalue weighted by molar-refractivity contribution is 5.50. The first-order valence-corrected chi connectivity index (χ1v) is 9.99. The van der Waals surface area contributed by atoms with Gasteiger partial charge in [-0.2, -0.15) is 9.97 Å². The van der Waals surface area contributed by atoms with Crippen LogP contribution in [0.4, 0.5) is 17.6 Å². The average Bonchev–Trinajstić information content (AvgIpc) is 2.68. The van der Waals surface area contributed by atoms with Gasteiger partial charge in [-0.3, -0.25) is 0 Å². The molecule has 1 aromatic heterocycles. The number of rotatable bonds is 3. The Morgan fingerprint density at radius 3 is 2.52 bits per heavy atom. The molecule has 0 unspecified atom stereocenters. The number of likely N-dealkylation sites (tertiary alicyclic amines) is 1. The van der Waals surface area contributed by atoms with Gasteiger partial charge in [-0.25, -0.2) is 0 Å². The Morgan fingerprint density at radius 1 is 1.11 bits per heavy atom. The number of piperidine rings is 2. The van der Waals surface area contributed by atoms with Gasteiger partial charge in [0.15, 0.2) is 0 Å². The Labute approximate surface area is 161 Å². The number of hydrogen-bond acceptors (Lipinski definition) is 6. The lowest BCUT2D eigenvalue weighted by Crippen LogP contribution is -2.51.